The summed E-state index contributed by atoms with van der Waals surface area (Å²) < 4.78 is 34.0. The van der Waals surface area contributed by atoms with Crippen molar-refractivity contribution in [2.24, 2.45) is 0 Å². The van der Waals surface area contributed by atoms with E-state index in [0.29, 0.717) is 32.1 Å². The molecule has 0 spiro atoms. The van der Waals surface area contributed by atoms with Crippen LogP contribution in [0.1, 0.15) is 30.3 Å². The largest absolute Gasteiger partial charge is 0.378 e. The van der Waals surface area contributed by atoms with Gasteiger partial charge in [-0.15, -0.1) is 0 Å². The van der Waals surface area contributed by atoms with Crippen LogP contribution in [-0.4, -0.2) is 52.5 Å². The van der Waals surface area contributed by atoms with E-state index >= 15 is 0 Å². The second-order valence-corrected chi connectivity index (χ2v) is 8.40. The fraction of sp³-hybridized carbons (Fsp3) is 0.500. The minimum atomic E-state index is -3.27. The van der Waals surface area contributed by atoms with E-state index in [1.165, 1.54) is 4.31 Å². The molecule has 1 atom stereocenters. The number of nitrogens with zero attached hydrogens (tertiary/aromatic N) is 4. The number of ether oxygens (including phenoxy) is 1. The topological polar surface area (TPSA) is 77.3 Å². The van der Waals surface area contributed by atoms with Gasteiger partial charge in [0.15, 0.2) is 5.82 Å². The zero-order valence-corrected chi connectivity index (χ0v) is 14.1. The number of sulfonamides is 1. The van der Waals surface area contributed by atoms with Crippen molar-refractivity contribution >= 4 is 10.0 Å². The fourth-order valence-corrected chi connectivity index (χ4v) is 4.92. The van der Waals surface area contributed by atoms with Crippen LogP contribution in [0.2, 0.25) is 0 Å². The van der Waals surface area contributed by atoms with Crippen LogP contribution in [-0.2, 0) is 21.3 Å². The van der Waals surface area contributed by atoms with Gasteiger partial charge in [-0.3, -0.25) is 0 Å². The van der Waals surface area contributed by atoms with Gasteiger partial charge in [0.2, 0.25) is 10.0 Å². The van der Waals surface area contributed by atoms with Crippen LogP contribution >= 0.6 is 0 Å². The van der Waals surface area contributed by atoms with E-state index in [2.05, 4.69) is 10.1 Å². The lowest BCUT2D eigenvalue weighted by molar-refractivity contribution is 0.0288. The molecular formula is C16H20N4O3S. The van der Waals surface area contributed by atoms with E-state index in [4.69, 9.17) is 4.74 Å². The van der Waals surface area contributed by atoms with Gasteiger partial charge in [0.25, 0.3) is 0 Å². The maximum atomic E-state index is 12.6. The average Bonchev–Trinajstić information content (AvgIpc) is 3.37. The molecular weight excluding hydrogens is 328 g/mol. The van der Waals surface area contributed by atoms with Gasteiger partial charge in [-0.2, -0.15) is 9.40 Å². The Morgan fingerprint density at radius 3 is 2.75 bits per heavy atom. The third kappa shape index (κ3) is 3.09. The van der Waals surface area contributed by atoms with Crippen molar-refractivity contribution in [3.63, 3.8) is 0 Å². The molecule has 1 saturated heterocycles. The van der Waals surface area contributed by atoms with Crippen molar-refractivity contribution in [3.05, 3.63) is 48.0 Å². The van der Waals surface area contributed by atoms with Gasteiger partial charge in [-0.1, -0.05) is 30.3 Å². The van der Waals surface area contributed by atoms with Gasteiger partial charge in [-0.05, 0) is 18.4 Å². The second-order valence-electron chi connectivity index (χ2n) is 6.23. The van der Waals surface area contributed by atoms with E-state index in [0.717, 1.165) is 18.4 Å². The minimum absolute atomic E-state index is 0.232. The Kier molecular flexibility index (Phi) is 4.11. The molecule has 0 amide bonds. The molecule has 24 heavy (non-hydrogen) atoms. The lowest BCUT2D eigenvalue weighted by Crippen LogP contribution is -2.45. The molecule has 2 heterocycles. The molecule has 0 bridgehead atoms. The summed E-state index contributed by atoms with van der Waals surface area (Å²) in [7, 11) is -3.27. The molecule has 0 N–H and O–H groups in total. The van der Waals surface area contributed by atoms with Crippen molar-refractivity contribution in [1.29, 1.82) is 0 Å². The SMILES string of the molecule is O=S(=O)(C1CC1)N1CCOC[C@H]1c1ncn(Cc2ccccc2)n1. The maximum Gasteiger partial charge on any atom is 0.217 e. The highest BCUT2D eigenvalue weighted by Crippen LogP contribution is 2.35. The summed E-state index contributed by atoms with van der Waals surface area (Å²) in [6.45, 7) is 1.71. The number of hydrogen-bond acceptors (Lipinski definition) is 5. The molecule has 1 saturated carbocycles. The minimum Gasteiger partial charge on any atom is -0.378 e. The van der Waals surface area contributed by atoms with Crippen LogP contribution in [0.25, 0.3) is 0 Å². The third-order valence-electron chi connectivity index (χ3n) is 4.39. The summed E-state index contributed by atoms with van der Waals surface area (Å²) in [5.41, 5.74) is 1.12. The fourth-order valence-electron chi connectivity index (χ4n) is 2.96. The van der Waals surface area contributed by atoms with Crippen molar-refractivity contribution < 1.29 is 13.2 Å². The van der Waals surface area contributed by atoms with Crippen molar-refractivity contribution in [2.75, 3.05) is 19.8 Å². The number of rotatable bonds is 5. The molecule has 2 fully saturated rings. The van der Waals surface area contributed by atoms with Gasteiger partial charge in [0.1, 0.15) is 12.4 Å². The van der Waals surface area contributed by atoms with Crippen LogP contribution in [0.4, 0.5) is 0 Å². The predicted octanol–water partition coefficient (Wildman–Crippen LogP) is 1.19. The number of benzene rings is 1. The standard InChI is InChI=1S/C16H20N4O3S/c21-24(22,14-6-7-14)20-8-9-23-11-15(20)16-17-12-19(18-16)10-13-4-2-1-3-5-13/h1-5,12,14-15H,6-11H2/t15-/m0/s1. The highest BCUT2D eigenvalue weighted by Gasteiger charge is 2.45. The predicted molar refractivity (Wildman–Crippen MR) is 87.8 cm³/mol. The van der Waals surface area contributed by atoms with Gasteiger partial charge in [0, 0.05) is 6.54 Å². The molecule has 1 aliphatic carbocycles. The van der Waals surface area contributed by atoms with Crippen molar-refractivity contribution in [1.82, 2.24) is 19.1 Å². The lowest BCUT2D eigenvalue weighted by Gasteiger charge is -2.32. The van der Waals surface area contributed by atoms with Crippen LogP contribution in [0.5, 0.6) is 0 Å². The Morgan fingerprint density at radius 2 is 2.00 bits per heavy atom. The first-order valence-corrected chi connectivity index (χ1v) is 9.66. The number of hydrogen-bond donors (Lipinski definition) is 0. The van der Waals surface area contributed by atoms with Crippen LogP contribution in [0.15, 0.2) is 36.7 Å². The molecule has 7 nitrogen and oxygen atoms in total. The van der Waals surface area contributed by atoms with E-state index in [-0.39, 0.29) is 5.25 Å². The molecule has 0 radical (unpaired) electrons. The molecule has 0 unspecified atom stereocenters. The van der Waals surface area contributed by atoms with Crippen LogP contribution in [0, 0.1) is 0 Å². The summed E-state index contributed by atoms with van der Waals surface area (Å²) in [5.74, 6) is 0.509. The summed E-state index contributed by atoms with van der Waals surface area (Å²) in [5, 5.41) is 4.26. The molecule has 1 aliphatic heterocycles. The van der Waals surface area contributed by atoms with E-state index in [1.54, 1.807) is 11.0 Å². The zero-order valence-electron chi connectivity index (χ0n) is 13.3. The first kappa shape index (κ1) is 15.7. The van der Waals surface area contributed by atoms with Crippen LogP contribution in [0.3, 0.4) is 0 Å². The molecule has 2 aliphatic rings. The van der Waals surface area contributed by atoms with Gasteiger partial charge >= 0.3 is 0 Å². The summed E-state index contributed by atoms with van der Waals surface area (Å²) in [6, 6.07) is 9.54. The molecule has 2 aromatic rings. The summed E-state index contributed by atoms with van der Waals surface area (Å²) in [4.78, 5) is 4.35. The first-order valence-electron chi connectivity index (χ1n) is 8.16. The van der Waals surface area contributed by atoms with Crippen molar-refractivity contribution in [3.8, 4) is 0 Å². The molecule has 8 heteroatoms. The quantitative estimate of drug-likeness (QED) is 0.811. The Morgan fingerprint density at radius 1 is 1.21 bits per heavy atom. The summed E-state index contributed by atoms with van der Waals surface area (Å²) >= 11 is 0. The van der Waals surface area contributed by atoms with Crippen LogP contribution < -0.4 is 0 Å². The lowest BCUT2D eigenvalue weighted by atomic mass is 10.2. The monoisotopic (exact) mass is 348 g/mol. The second kappa shape index (κ2) is 6.27. The highest BCUT2D eigenvalue weighted by molar-refractivity contribution is 7.90. The third-order valence-corrected chi connectivity index (χ3v) is 6.80. The van der Waals surface area contributed by atoms with Gasteiger partial charge < -0.3 is 4.74 Å². The highest BCUT2D eigenvalue weighted by atomic mass is 32.2. The molecule has 1 aromatic carbocycles. The normalized spacial score (nSPS) is 22.6. The van der Waals surface area contributed by atoms with E-state index < -0.39 is 16.1 Å². The molecule has 1 aromatic heterocycles. The molecule has 128 valence electrons. The maximum absolute atomic E-state index is 12.6. The Hall–Kier alpha value is -1.77. The van der Waals surface area contributed by atoms with E-state index in [1.807, 2.05) is 30.3 Å². The zero-order chi connectivity index (χ0) is 16.6. The first-order chi connectivity index (χ1) is 11.6. The van der Waals surface area contributed by atoms with E-state index in [9.17, 15) is 8.42 Å². The van der Waals surface area contributed by atoms with Crippen molar-refractivity contribution in [2.45, 2.75) is 30.7 Å². The van der Waals surface area contributed by atoms with Gasteiger partial charge in [0.05, 0.1) is 25.0 Å². The van der Waals surface area contributed by atoms with Gasteiger partial charge in [-0.25, -0.2) is 18.1 Å². The molecule has 4 rings (SSSR count). The number of aromatic nitrogens is 3. The average molecular weight is 348 g/mol. The summed E-state index contributed by atoms with van der Waals surface area (Å²) in [6.07, 6.45) is 3.16. The Balaban J connectivity index is 1.55. The Bertz CT molecular complexity index is 802. The number of morpholine rings is 1. The Labute approximate surface area is 141 Å². The smallest absolute Gasteiger partial charge is 0.217 e.